The molecule has 5 nitrogen and oxygen atoms in total. The molecule has 192 valence electrons. The summed E-state index contributed by atoms with van der Waals surface area (Å²) in [6.07, 6.45) is -10.9. The fourth-order valence-corrected chi connectivity index (χ4v) is 4.06. The van der Waals surface area contributed by atoms with Crippen molar-refractivity contribution in [2.75, 3.05) is 39.3 Å². The molecule has 0 spiro atoms. The van der Waals surface area contributed by atoms with Crippen molar-refractivity contribution in [3.63, 3.8) is 0 Å². The maximum Gasteiger partial charge on any atom is 0.416 e. The van der Waals surface area contributed by atoms with Gasteiger partial charge in [-0.1, -0.05) is 30.3 Å². The lowest BCUT2D eigenvalue weighted by molar-refractivity contribution is -0.143. The SMILES string of the molecule is C[C@@H](OC[C@@H](c1ccccc1)N1CCN(CC(=O)O)CC1)c1cc(C(F)(F)F)cc(C(F)(F)F)c1. The number of aliphatic carboxylic acids is 1. The van der Waals surface area contributed by atoms with Gasteiger partial charge in [0, 0.05) is 26.2 Å². The van der Waals surface area contributed by atoms with Crippen molar-refractivity contribution in [2.24, 2.45) is 0 Å². The van der Waals surface area contributed by atoms with E-state index in [1.54, 1.807) is 4.90 Å². The molecule has 0 unspecified atom stereocenters. The van der Waals surface area contributed by atoms with Crippen LogP contribution >= 0.6 is 0 Å². The average Bonchev–Trinajstić information content (AvgIpc) is 2.79. The standard InChI is InChI=1S/C24H26F6N2O3/c1-16(18-11-19(23(25,26)27)13-20(12-18)24(28,29)30)35-15-21(17-5-3-2-4-6-17)32-9-7-31(8-10-32)14-22(33)34/h2-6,11-13,16,21H,7-10,14-15H2,1H3,(H,33,34)/t16-,21+/m1/s1. The van der Waals surface area contributed by atoms with E-state index in [2.05, 4.69) is 4.90 Å². The lowest BCUT2D eigenvalue weighted by atomic mass is 10.0. The molecule has 2 atom stereocenters. The van der Waals surface area contributed by atoms with Crippen molar-refractivity contribution in [3.05, 3.63) is 70.8 Å². The molecule has 3 rings (SSSR count). The topological polar surface area (TPSA) is 53.0 Å². The number of benzene rings is 2. The predicted octanol–water partition coefficient (Wildman–Crippen LogP) is 5.25. The highest BCUT2D eigenvalue weighted by atomic mass is 19.4. The largest absolute Gasteiger partial charge is 0.480 e. The van der Waals surface area contributed by atoms with Gasteiger partial charge in [0.05, 0.1) is 36.4 Å². The van der Waals surface area contributed by atoms with Crippen LogP contribution in [0.25, 0.3) is 0 Å². The van der Waals surface area contributed by atoms with Gasteiger partial charge in [-0.3, -0.25) is 14.6 Å². The second-order valence-corrected chi connectivity index (χ2v) is 8.45. The monoisotopic (exact) mass is 504 g/mol. The van der Waals surface area contributed by atoms with Crippen molar-refractivity contribution in [1.82, 2.24) is 9.80 Å². The number of ether oxygens (including phenoxy) is 1. The first kappa shape index (κ1) is 27.0. The minimum Gasteiger partial charge on any atom is -0.480 e. The number of carboxylic acids is 1. The van der Waals surface area contributed by atoms with E-state index in [0.717, 1.165) is 5.56 Å². The van der Waals surface area contributed by atoms with Crippen molar-refractivity contribution < 1.29 is 41.0 Å². The van der Waals surface area contributed by atoms with Crippen LogP contribution < -0.4 is 0 Å². The molecule has 2 aromatic carbocycles. The first-order valence-corrected chi connectivity index (χ1v) is 11.0. The smallest absolute Gasteiger partial charge is 0.416 e. The van der Waals surface area contributed by atoms with E-state index >= 15 is 0 Å². The van der Waals surface area contributed by atoms with E-state index in [4.69, 9.17) is 9.84 Å². The van der Waals surface area contributed by atoms with Crippen LogP contribution in [0.1, 0.15) is 41.3 Å². The van der Waals surface area contributed by atoms with Crippen LogP contribution in [-0.2, 0) is 21.9 Å². The van der Waals surface area contributed by atoms with Crippen LogP contribution in [0.3, 0.4) is 0 Å². The fourth-order valence-electron chi connectivity index (χ4n) is 4.06. The molecule has 1 N–H and O–H groups in total. The first-order valence-electron chi connectivity index (χ1n) is 11.0. The van der Waals surface area contributed by atoms with Crippen molar-refractivity contribution >= 4 is 5.97 Å². The highest BCUT2D eigenvalue weighted by Crippen LogP contribution is 2.38. The molecule has 1 aliphatic rings. The zero-order chi connectivity index (χ0) is 25.8. The Bertz CT molecular complexity index is 957. The van der Waals surface area contributed by atoms with Gasteiger partial charge in [0.2, 0.25) is 0 Å². The molecule has 0 amide bonds. The molecule has 0 saturated carbocycles. The number of rotatable bonds is 8. The highest BCUT2D eigenvalue weighted by molar-refractivity contribution is 5.69. The summed E-state index contributed by atoms with van der Waals surface area (Å²) in [5.74, 6) is -0.922. The van der Waals surface area contributed by atoms with Gasteiger partial charge < -0.3 is 9.84 Å². The summed E-state index contributed by atoms with van der Waals surface area (Å²) in [5, 5.41) is 9.00. The Morgan fingerprint density at radius 2 is 1.46 bits per heavy atom. The number of halogens is 6. The minimum atomic E-state index is -4.93. The third-order valence-electron chi connectivity index (χ3n) is 5.97. The van der Waals surface area contributed by atoms with Gasteiger partial charge in [-0.25, -0.2) is 0 Å². The van der Waals surface area contributed by atoms with Crippen molar-refractivity contribution in [2.45, 2.75) is 31.4 Å². The van der Waals surface area contributed by atoms with Crippen molar-refractivity contribution in [1.29, 1.82) is 0 Å². The number of carbonyl (C=O) groups is 1. The number of hydrogen-bond acceptors (Lipinski definition) is 4. The normalized spacial score (nSPS) is 17.8. The van der Waals surface area contributed by atoms with Crippen LogP contribution in [0.2, 0.25) is 0 Å². The van der Waals surface area contributed by atoms with E-state index in [1.807, 2.05) is 30.3 Å². The Labute approximate surface area is 198 Å². The Morgan fingerprint density at radius 3 is 1.94 bits per heavy atom. The fraction of sp³-hybridized carbons (Fsp3) is 0.458. The summed E-state index contributed by atoms with van der Waals surface area (Å²) >= 11 is 0. The second kappa shape index (κ2) is 11.0. The summed E-state index contributed by atoms with van der Waals surface area (Å²) in [6.45, 7) is 3.46. The van der Waals surface area contributed by atoms with E-state index in [-0.39, 0.29) is 30.8 Å². The minimum absolute atomic E-state index is 0.0295. The quantitative estimate of drug-likeness (QED) is 0.498. The van der Waals surface area contributed by atoms with Gasteiger partial charge >= 0.3 is 18.3 Å². The first-order chi connectivity index (χ1) is 16.3. The maximum absolute atomic E-state index is 13.2. The van der Waals surface area contributed by atoms with E-state index < -0.39 is 35.6 Å². The van der Waals surface area contributed by atoms with Crippen LogP contribution in [0.15, 0.2) is 48.5 Å². The van der Waals surface area contributed by atoms with Gasteiger partial charge in [-0.2, -0.15) is 26.3 Å². The highest BCUT2D eigenvalue weighted by Gasteiger charge is 2.37. The van der Waals surface area contributed by atoms with Gasteiger partial charge in [0.1, 0.15) is 0 Å². The Balaban J connectivity index is 1.78. The molecular weight excluding hydrogens is 478 g/mol. The van der Waals surface area contributed by atoms with Gasteiger partial charge in [0.15, 0.2) is 0 Å². The molecule has 1 aliphatic heterocycles. The predicted molar refractivity (Wildman–Crippen MR) is 116 cm³/mol. The van der Waals surface area contributed by atoms with Crippen LogP contribution in [0.4, 0.5) is 26.3 Å². The lowest BCUT2D eigenvalue weighted by Gasteiger charge is -2.39. The Morgan fingerprint density at radius 1 is 0.914 bits per heavy atom. The molecule has 0 bridgehead atoms. The Kier molecular flexibility index (Phi) is 8.45. The molecule has 2 aromatic rings. The molecule has 0 radical (unpaired) electrons. The van der Waals surface area contributed by atoms with Crippen LogP contribution in [-0.4, -0.2) is 60.2 Å². The number of carboxylic acid groups (broad SMARTS) is 1. The van der Waals surface area contributed by atoms with E-state index in [0.29, 0.717) is 38.3 Å². The summed E-state index contributed by atoms with van der Waals surface area (Å²) in [7, 11) is 0. The summed E-state index contributed by atoms with van der Waals surface area (Å²) < 4.78 is 85.2. The second-order valence-electron chi connectivity index (χ2n) is 8.45. The van der Waals surface area contributed by atoms with Crippen LogP contribution in [0.5, 0.6) is 0 Å². The van der Waals surface area contributed by atoms with Gasteiger partial charge in [0.25, 0.3) is 0 Å². The van der Waals surface area contributed by atoms with Crippen molar-refractivity contribution in [3.8, 4) is 0 Å². The molecule has 1 fully saturated rings. The van der Waals surface area contributed by atoms with Crippen LogP contribution in [0, 0.1) is 0 Å². The maximum atomic E-state index is 13.2. The zero-order valence-corrected chi connectivity index (χ0v) is 18.9. The van der Waals surface area contributed by atoms with Gasteiger partial charge in [-0.15, -0.1) is 0 Å². The van der Waals surface area contributed by atoms with Gasteiger partial charge in [-0.05, 0) is 36.2 Å². The summed E-state index contributed by atoms with van der Waals surface area (Å²) in [5.41, 5.74) is -2.10. The zero-order valence-electron chi connectivity index (χ0n) is 18.9. The van der Waals surface area contributed by atoms with E-state index in [9.17, 15) is 31.1 Å². The molecule has 0 aromatic heterocycles. The van der Waals surface area contributed by atoms with E-state index in [1.165, 1.54) is 6.92 Å². The number of alkyl halides is 6. The third kappa shape index (κ3) is 7.42. The molecule has 0 aliphatic carbocycles. The molecular formula is C24H26F6N2O3. The third-order valence-corrected chi connectivity index (χ3v) is 5.97. The lowest BCUT2D eigenvalue weighted by Crippen LogP contribution is -2.49. The molecule has 11 heteroatoms. The summed E-state index contributed by atoms with van der Waals surface area (Å²) in [6, 6.07) is 10.4. The number of nitrogens with zero attached hydrogens (tertiary/aromatic N) is 2. The average molecular weight is 504 g/mol. The number of piperazine rings is 1. The Hall–Kier alpha value is -2.63. The molecule has 35 heavy (non-hydrogen) atoms. The molecule has 1 saturated heterocycles. The number of hydrogen-bond donors (Lipinski definition) is 1. The summed E-state index contributed by atoms with van der Waals surface area (Å²) in [4.78, 5) is 14.8. The molecule has 1 heterocycles.